The Hall–Kier alpha value is -2.54. The molecule has 1 saturated carbocycles. The number of hydrogen-bond donors (Lipinski definition) is 2. The molecule has 2 aromatic carbocycles. The van der Waals surface area contributed by atoms with Gasteiger partial charge in [-0.25, -0.2) is 25.9 Å². The van der Waals surface area contributed by atoms with Crippen molar-refractivity contribution in [1.82, 2.24) is 9.62 Å². The first-order valence-corrected chi connectivity index (χ1v) is 17.1. The molecule has 1 spiro atoms. The highest BCUT2D eigenvalue weighted by Gasteiger charge is 2.48. The number of hydrogen-bond acceptors (Lipinski definition) is 6. The summed E-state index contributed by atoms with van der Waals surface area (Å²) in [5, 5.41) is 8.67. The van der Waals surface area contributed by atoms with Crippen molar-refractivity contribution in [3.63, 3.8) is 0 Å². The number of piperidine rings is 1. The molecule has 0 atom stereocenters. The maximum atomic E-state index is 14.3. The normalized spacial score (nSPS) is 19.9. The van der Waals surface area contributed by atoms with E-state index >= 15 is 0 Å². The maximum Gasteiger partial charge on any atom is 0.303 e. The first-order valence-electron chi connectivity index (χ1n) is 13.8. The second kappa shape index (κ2) is 11.3. The Kier molecular flexibility index (Phi) is 8.23. The van der Waals surface area contributed by atoms with Gasteiger partial charge in [0.05, 0.1) is 14.8 Å². The lowest BCUT2D eigenvalue weighted by atomic mass is 9.65. The monoisotopic (exact) mass is 626 g/mol. The van der Waals surface area contributed by atoms with Crippen LogP contribution in [0.3, 0.4) is 0 Å². The van der Waals surface area contributed by atoms with Gasteiger partial charge in [0.1, 0.15) is 10.7 Å². The predicted octanol–water partition coefficient (Wildman–Crippen LogP) is 4.40. The van der Waals surface area contributed by atoms with Crippen LogP contribution in [0, 0.1) is 5.82 Å². The van der Waals surface area contributed by atoms with Crippen LogP contribution >= 0.6 is 11.6 Å². The number of rotatable bonds is 7. The summed E-state index contributed by atoms with van der Waals surface area (Å²) in [5.74, 6) is -1.83. The largest absolute Gasteiger partial charge is 0.481 e. The Balaban J connectivity index is 1.41. The number of halogens is 2. The fraction of sp³-hybridized carbons (Fsp3) is 0.500. The Morgan fingerprint density at radius 1 is 1.02 bits per heavy atom. The van der Waals surface area contributed by atoms with Crippen LogP contribution in [-0.2, 0) is 34.9 Å². The Morgan fingerprint density at radius 2 is 1.68 bits per heavy atom. The van der Waals surface area contributed by atoms with Crippen LogP contribution in [0.1, 0.15) is 75.3 Å². The number of nitrogens with zero attached hydrogens (tertiary/aromatic N) is 1. The lowest BCUT2D eigenvalue weighted by molar-refractivity contribution is -0.137. The molecule has 1 aliphatic carbocycles. The summed E-state index contributed by atoms with van der Waals surface area (Å²) in [4.78, 5) is 24.0. The van der Waals surface area contributed by atoms with Crippen LogP contribution in [0.5, 0.6) is 0 Å². The van der Waals surface area contributed by atoms with Gasteiger partial charge in [-0.2, -0.15) is 0 Å². The van der Waals surface area contributed by atoms with Crippen LogP contribution in [-0.4, -0.2) is 57.8 Å². The highest BCUT2D eigenvalue weighted by molar-refractivity contribution is 7.92. The molecule has 41 heavy (non-hydrogen) atoms. The molecular formula is C28H32ClFN2O7S2. The van der Waals surface area contributed by atoms with Gasteiger partial charge in [0.2, 0.25) is 25.8 Å². The Labute approximate surface area is 244 Å². The van der Waals surface area contributed by atoms with Gasteiger partial charge in [0, 0.05) is 37.4 Å². The molecule has 13 heteroatoms. The highest BCUT2D eigenvalue weighted by atomic mass is 35.5. The van der Waals surface area contributed by atoms with Crippen molar-refractivity contribution in [2.24, 2.45) is 0 Å². The molecule has 1 amide bonds. The summed E-state index contributed by atoms with van der Waals surface area (Å²) >= 11 is 6.58. The van der Waals surface area contributed by atoms with Gasteiger partial charge in [-0.1, -0.05) is 36.9 Å². The van der Waals surface area contributed by atoms with E-state index in [-0.39, 0.29) is 44.9 Å². The number of carbonyl (C=O) groups is 2. The molecule has 0 aromatic heterocycles. The minimum atomic E-state index is -4.25. The molecule has 0 radical (unpaired) electrons. The van der Waals surface area contributed by atoms with Crippen molar-refractivity contribution in [2.75, 3.05) is 13.1 Å². The van der Waals surface area contributed by atoms with E-state index < -0.39 is 43.1 Å². The Bertz CT molecular complexity index is 1600. The molecule has 2 N–H and O–H groups in total. The summed E-state index contributed by atoms with van der Waals surface area (Å²) in [7, 11) is -8.49. The molecule has 2 fully saturated rings. The molecule has 3 aliphatic rings. The van der Waals surface area contributed by atoms with E-state index in [0.717, 1.165) is 31.4 Å². The maximum absolute atomic E-state index is 14.3. The zero-order valence-corrected chi connectivity index (χ0v) is 24.8. The third-order valence-corrected chi connectivity index (χ3v) is 12.4. The number of nitrogens with one attached hydrogen (secondary N) is 1. The fourth-order valence-corrected chi connectivity index (χ4v) is 10.3. The van der Waals surface area contributed by atoms with Crippen molar-refractivity contribution in [3.8, 4) is 0 Å². The lowest BCUT2D eigenvalue weighted by Gasteiger charge is -2.43. The van der Waals surface area contributed by atoms with Crippen molar-refractivity contribution in [1.29, 1.82) is 0 Å². The van der Waals surface area contributed by atoms with Crippen LogP contribution < -0.4 is 4.72 Å². The number of benzene rings is 2. The van der Waals surface area contributed by atoms with Crippen molar-refractivity contribution < 1.29 is 35.9 Å². The molecule has 222 valence electrons. The summed E-state index contributed by atoms with van der Waals surface area (Å²) in [5.41, 5.74) is 0.278. The zero-order valence-electron chi connectivity index (χ0n) is 22.4. The first kappa shape index (κ1) is 29.9. The van der Waals surface area contributed by atoms with Gasteiger partial charge in [0.25, 0.3) is 0 Å². The number of carboxylic acid groups (broad SMARTS) is 1. The second-order valence-electron chi connectivity index (χ2n) is 11.1. The van der Waals surface area contributed by atoms with Gasteiger partial charge in [0.15, 0.2) is 0 Å². The standard InChI is InChI=1S/C28H32ClFN2O7S2/c29-22-16-21-24(40(36,37)23-15-18(30)7-8-20(23)28(21)11-2-1-3-12-28)17-25(22)41(38,39)31-19-9-13-32(14-10-19)26(33)5-4-6-27(34)35/h7-8,15-17,19,31H,1-6,9-14H2,(H,34,35). The van der Waals surface area contributed by atoms with E-state index in [9.17, 15) is 30.8 Å². The average Bonchev–Trinajstić information content (AvgIpc) is 2.92. The molecule has 2 heterocycles. The molecule has 1 saturated heterocycles. The number of likely N-dealkylation sites (tertiary alicyclic amines) is 1. The minimum Gasteiger partial charge on any atom is -0.481 e. The average molecular weight is 627 g/mol. The Morgan fingerprint density at radius 3 is 2.34 bits per heavy atom. The van der Waals surface area contributed by atoms with Gasteiger partial charge in [-0.15, -0.1) is 0 Å². The smallest absolute Gasteiger partial charge is 0.303 e. The molecule has 0 unspecified atom stereocenters. The quantitative estimate of drug-likeness (QED) is 0.465. The number of carbonyl (C=O) groups excluding carboxylic acids is 1. The summed E-state index contributed by atoms with van der Waals surface area (Å²) in [6.45, 7) is 0.604. The van der Waals surface area contributed by atoms with Gasteiger partial charge >= 0.3 is 5.97 Å². The van der Waals surface area contributed by atoms with E-state index in [2.05, 4.69) is 4.72 Å². The topological polar surface area (TPSA) is 138 Å². The first-order chi connectivity index (χ1) is 19.3. The van der Waals surface area contributed by atoms with Crippen LogP contribution in [0.2, 0.25) is 5.02 Å². The summed E-state index contributed by atoms with van der Waals surface area (Å²) in [6.07, 6.45) is 4.87. The third-order valence-electron chi connectivity index (χ3n) is 8.54. The van der Waals surface area contributed by atoms with E-state index in [4.69, 9.17) is 16.7 Å². The van der Waals surface area contributed by atoms with Crippen LogP contribution in [0.15, 0.2) is 45.0 Å². The number of carboxylic acids is 1. The number of amides is 1. The van der Waals surface area contributed by atoms with Crippen molar-refractivity contribution in [3.05, 3.63) is 52.3 Å². The molecule has 2 aromatic rings. The number of aliphatic carboxylic acids is 1. The summed E-state index contributed by atoms with van der Waals surface area (Å²) < 4.78 is 71.5. The molecule has 9 nitrogen and oxygen atoms in total. The van der Waals surface area contributed by atoms with Crippen LogP contribution in [0.25, 0.3) is 0 Å². The van der Waals surface area contributed by atoms with Crippen molar-refractivity contribution >= 4 is 43.3 Å². The molecule has 2 aliphatic heterocycles. The molecule has 5 rings (SSSR count). The zero-order chi connectivity index (χ0) is 29.6. The van der Waals surface area contributed by atoms with Crippen LogP contribution in [0.4, 0.5) is 4.39 Å². The van der Waals surface area contributed by atoms with E-state index in [1.54, 1.807) is 4.90 Å². The van der Waals surface area contributed by atoms with E-state index in [1.165, 1.54) is 18.2 Å². The van der Waals surface area contributed by atoms with Gasteiger partial charge in [-0.3, -0.25) is 9.59 Å². The molecule has 0 bridgehead atoms. The lowest BCUT2D eigenvalue weighted by Crippen LogP contribution is -2.46. The van der Waals surface area contributed by atoms with Gasteiger partial charge < -0.3 is 10.0 Å². The van der Waals surface area contributed by atoms with Crippen molar-refractivity contribution in [2.45, 2.75) is 90.4 Å². The highest BCUT2D eigenvalue weighted by Crippen LogP contribution is 2.54. The predicted molar refractivity (Wildman–Crippen MR) is 149 cm³/mol. The molecular weight excluding hydrogens is 595 g/mol. The fourth-order valence-electron chi connectivity index (χ4n) is 6.49. The number of sulfonamides is 1. The number of fused-ring (bicyclic) bond motifs is 4. The third kappa shape index (κ3) is 5.63. The number of sulfone groups is 1. The van der Waals surface area contributed by atoms with E-state index in [1.807, 2.05) is 0 Å². The van der Waals surface area contributed by atoms with Gasteiger partial charge in [-0.05, 0) is 67.5 Å². The summed E-state index contributed by atoms with van der Waals surface area (Å²) in [6, 6.07) is 5.86. The minimum absolute atomic E-state index is 0.0898. The van der Waals surface area contributed by atoms with E-state index in [0.29, 0.717) is 49.9 Å². The SMILES string of the molecule is O=C(O)CCCC(=O)N1CCC(NS(=O)(=O)c2cc3c(cc2Cl)C2(CCCCC2)c2ccc(F)cc2S3(=O)=O)CC1. The second-order valence-corrected chi connectivity index (χ2v) is 15.1.